The molecule has 1 atom stereocenters. The van der Waals surface area contributed by atoms with E-state index in [2.05, 4.69) is 21.8 Å². The maximum Gasteiger partial charge on any atom is 0.257 e. The molecule has 7 nitrogen and oxygen atoms in total. The van der Waals surface area contributed by atoms with Crippen LogP contribution in [0, 0.1) is 19.8 Å². The minimum Gasteiger partial charge on any atom is -0.338 e. The monoisotopic (exact) mass is 525 g/mol. The molecule has 2 saturated heterocycles. The number of hydrogen-bond donors (Lipinski definition) is 0. The number of piperidine rings is 1. The second-order valence-electron chi connectivity index (χ2n) is 11.5. The molecule has 1 aliphatic carbocycles. The average Bonchev–Trinajstić information content (AvgIpc) is 3.37. The molecule has 3 heterocycles. The van der Waals surface area contributed by atoms with Gasteiger partial charge in [-0.25, -0.2) is 18.7 Å². The molecule has 0 unspecified atom stereocenters. The van der Waals surface area contributed by atoms with Gasteiger partial charge in [-0.3, -0.25) is 14.5 Å². The van der Waals surface area contributed by atoms with Crippen LogP contribution in [-0.4, -0.2) is 80.2 Å². The van der Waals surface area contributed by atoms with E-state index in [0.29, 0.717) is 36.6 Å². The van der Waals surface area contributed by atoms with Gasteiger partial charge in [-0.2, -0.15) is 0 Å². The van der Waals surface area contributed by atoms with Gasteiger partial charge in [0.05, 0.1) is 17.0 Å². The predicted octanol–water partition coefficient (Wildman–Crippen LogP) is 4.24. The zero-order valence-electron chi connectivity index (χ0n) is 22.5. The van der Waals surface area contributed by atoms with Gasteiger partial charge in [0.2, 0.25) is 11.8 Å². The lowest BCUT2D eigenvalue weighted by Gasteiger charge is -2.46. The van der Waals surface area contributed by atoms with Crippen LogP contribution in [0.4, 0.5) is 8.78 Å². The van der Waals surface area contributed by atoms with Crippen molar-refractivity contribution in [1.82, 2.24) is 24.7 Å². The molecule has 2 amide bonds. The number of nitrogens with zero attached hydrogens (tertiary/aromatic N) is 5. The van der Waals surface area contributed by atoms with Crippen molar-refractivity contribution in [3.63, 3.8) is 0 Å². The van der Waals surface area contributed by atoms with Crippen molar-refractivity contribution in [1.29, 1.82) is 0 Å². The van der Waals surface area contributed by atoms with Crippen molar-refractivity contribution in [2.45, 2.75) is 76.9 Å². The maximum absolute atomic E-state index is 13.6. The van der Waals surface area contributed by atoms with Crippen LogP contribution in [0.2, 0.25) is 0 Å². The predicted molar refractivity (Wildman–Crippen MR) is 140 cm³/mol. The number of amides is 2. The van der Waals surface area contributed by atoms with Gasteiger partial charge in [0.25, 0.3) is 5.91 Å². The van der Waals surface area contributed by atoms with Gasteiger partial charge in [0.1, 0.15) is 6.33 Å². The second-order valence-corrected chi connectivity index (χ2v) is 11.5. The van der Waals surface area contributed by atoms with E-state index in [1.165, 1.54) is 6.33 Å². The number of carbonyl (C=O) groups is 2. The number of aryl methyl sites for hydroxylation is 2. The highest BCUT2D eigenvalue weighted by Gasteiger charge is 2.51. The molecule has 0 radical (unpaired) electrons. The summed E-state index contributed by atoms with van der Waals surface area (Å²) >= 11 is 0. The van der Waals surface area contributed by atoms with Crippen LogP contribution in [0.3, 0.4) is 0 Å². The van der Waals surface area contributed by atoms with Crippen molar-refractivity contribution >= 4 is 11.8 Å². The molecule has 3 aliphatic rings. The first kappa shape index (κ1) is 26.7. The molecule has 1 saturated carbocycles. The number of carbonyl (C=O) groups excluding carboxylic acids is 2. The van der Waals surface area contributed by atoms with E-state index in [9.17, 15) is 18.4 Å². The first-order valence-corrected chi connectivity index (χ1v) is 13.6. The van der Waals surface area contributed by atoms with Gasteiger partial charge in [-0.15, -0.1) is 0 Å². The van der Waals surface area contributed by atoms with Gasteiger partial charge in [0, 0.05) is 63.1 Å². The van der Waals surface area contributed by atoms with E-state index in [1.54, 1.807) is 0 Å². The molecule has 2 aliphatic heterocycles. The fourth-order valence-corrected chi connectivity index (χ4v) is 6.29. The molecule has 1 aromatic carbocycles. The first-order valence-electron chi connectivity index (χ1n) is 13.6. The molecule has 0 N–H and O–H groups in total. The van der Waals surface area contributed by atoms with Crippen LogP contribution < -0.4 is 0 Å². The smallest absolute Gasteiger partial charge is 0.257 e. The molecule has 0 spiro atoms. The van der Waals surface area contributed by atoms with Crippen LogP contribution in [0.25, 0.3) is 0 Å². The van der Waals surface area contributed by atoms with Crippen molar-refractivity contribution in [3.8, 4) is 0 Å². The zero-order chi connectivity index (χ0) is 27.1. The summed E-state index contributed by atoms with van der Waals surface area (Å²) in [6.45, 7) is 9.23. The quantitative estimate of drug-likeness (QED) is 0.565. The summed E-state index contributed by atoms with van der Waals surface area (Å²) in [7, 11) is 0. The van der Waals surface area contributed by atoms with E-state index in [4.69, 9.17) is 0 Å². The normalized spacial score (nSPS) is 23.2. The molecule has 204 valence electrons. The SMILES string of the molecule is Cc1ncnc(C)c1C(=O)N1CCC(C)(N2CC[C@@H](N(Cc3ccccc3)C(=O)C3CC(F)(F)C3)C2)CC1. The molecule has 2 aromatic rings. The Morgan fingerprint density at radius 3 is 2.26 bits per heavy atom. The number of halogens is 2. The standard InChI is InChI=1S/C29H37F2N5O2/c1-20-25(21(2)33-19-32-20)27(38)34-13-10-28(3,11-14-34)35-12-9-24(18-35)36(17-22-7-5-4-6-8-22)26(37)23-15-29(30,31)16-23/h4-8,19,23-24H,9-18H2,1-3H3/t24-/m1/s1. The van der Waals surface area contributed by atoms with E-state index in [-0.39, 0.29) is 36.2 Å². The zero-order valence-corrected chi connectivity index (χ0v) is 22.5. The van der Waals surface area contributed by atoms with Crippen molar-refractivity contribution in [2.24, 2.45) is 5.92 Å². The van der Waals surface area contributed by atoms with E-state index < -0.39 is 11.8 Å². The highest BCUT2D eigenvalue weighted by atomic mass is 19.3. The molecule has 0 bridgehead atoms. The highest BCUT2D eigenvalue weighted by molar-refractivity contribution is 5.96. The van der Waals surface area contributed by atoms with E-state index in [1.807, 2.05) is 54.0 Å². The third-order valence-electron chi connectivity index (χ3n) is 8.85. The molecular formula is C29H37F2N5O2. The summed E-state index contributed by atoms with van der Waals surface area (Å²) in [6.07, 6.45) is 3.28. The minimum absolute atomic E-state index is 0.0137. The van der Waals surface area contributed by atoms with Crippen LogP contribution in [0.1, 0.15) is 66.3 Å². The lowest BCUT2D eigenvalue weighted by molar-refractivity contribution is -0.162. The van der Waals surface area contributed by atoms with Crippen LogP contribution in [0.5, 0.6) is 0 Å². The Bertz CT molecular complexity index is 1150. The molecule has 9 heteroatoms. The van der Waals surface area contributed by atoms with Crippen molar-refractivity contribution < 1.29 is 18.4 Å². The molecule has 1 aromatic heterocycles. The van der Waals surface area contributed by atoms with Gasteiger partial charge in [0.15, 0.2) is 0 Å². The number of likely N-dealkylation sites (tertiary alicyclic amines) is 2. The van der Waals surface area contributed by atoms with Crippen molar-refractivity contribution in [3.05, 3.63) is 59.2 Å². The fourth-order valence-electron chi connectivity index (χ4n) is 6.29. The summed E-state index contributed by atoms with van der Waals surface area (Å²) in [4.78, 5) is 41.3. The summed E-state index contributed by atoms with van der Waals surface area (Å²) in [5, 5.41) is 0. The third kappa shape index (κ3) is 5.30. The number of alkyl halides is 2. The summed E-state index contributed by atoms with van der Waals surface area (Å²) in [6, 6.07) is 9.77. The third-order valence-corrected chi connectivity index (χ3v) is 8.85. The number of hydrogen-bond acceptors (Lipinski definition) is 5. The van der Waals surface area contributed by atoms with Gasteiger partial charge >= 0.3 is 0 Å². The van der Waals surface area contributed by atoms with E-state index in [0.717, 1.165) is 37.9 Å². The minimum atomic E-state index is -2.72. The second kappa shape index (κ2) is 10.3. The fraction of sp³-hybridized carbons (Fsp3) is 0.586. The lowest BCUT2D eigenvalue weighted by Crippen LogP contribution is -2.55. The van der Waals surface area contributed by atoms with Crippen molar-refractivity contribution in [2.75, 3.05) is 26.2 Å². The van der Waals surface area contributed by atoms with Crippen LogP contribution in [-0.2, 0) is 11.3 Å². The summed E-state index contributed by atoms with van der Waals surface area (Å²) in [5.74, 6) is -3.48. The Morgan fingerprint density at radius 2 is 1.66 bits per heavy atom. The lowest BCUT2D eigenvalue weighted by atomic mass is 9.80. The molecule has 38 heavy (non-hydrogen) atoms. The summed E-state index contributed by atoms with van der Waals surface area (Å²) in [5.41, 5.74) is 2.91. The highest BCUT2D eigenvalue weighted by Crippen LogP contribution is 2.44. The Hall–Kier alpha value is -2.94. The Balaban J connectivity index is 1.24. The van der Waals surface area contributed by atoms with Gasteiger partial charge < -0.3 is 9.80 Å². The van der Waals surface area contributed by atoms with Crippen LogP contribution in [0.15, 0.2) is 36.7 Å². The Morgan fingerprint density at radius 1 is 1.03 bits per heavy atom. The molecular weight excluding hydrogens is 488 g/mol. The number of rotatable bonds is 6. The summed E-state index contributed by atoms with van der Waals surface area (Å²) < 4.78 is 27.2. The average molecular weight is 526 g/mol. The number of benzene rings is 1. The van der Waals surface area contributed by atoms with E-state index >= 15 is 0 Å². The largest absolute Gasteiger partial charge is 0.338 e. The maximum atomic E-state index is 13.6. The number of aromatic nitrogens is 2. The Kier molecular flexibility index (Phi) is 7.24. The Labute approximate surface area is 223 Å². The van der Waals surface area contributed by atoms with Gasteiger partial charge in [-0.05, 0) is 45.6 Å². The molecule has 3 fully saturated rings. The molecule has 5 rings (SSSR count). The topological polar surface area (TPSA) is 69.6 Å². The van der Waals surface area contributed by atoms with Crippen LogP contribution >= 0.6 is 0 Å². The first-order chi connectivity index (χ1) is 18.1. The van der Waals surface area contributed by atoms with Gasteiger partial charge in [-0.1, -0.05) is 30.3 Å².